The zero-order valence-electron chi connectivity index (χ0n) is 8.53. The maximum absolute atomic E-state index is 12.1. The highest BCUT2D eigenvalue weighted by Crippen LogP contribution is 2.15. The van der Waals surface area contributed by atoms with E-state index in [1.807, 2.05) is 0 Å². The Bertz CT molecular complexity index is 416. The van der Waals surface area contributed by atoms with E-state index in [0.717, 1.165) is 0 Å². The Labute approximate surface area is 99.4 Å². The molecule has 0 atom stereocenters. The van der Waals surface area contributed by atoms with Crippen LogP contribution in [0.25, 0.3) is 0 Å². The smallest absolute Gasteiger partial charge is 0.302 e. The second-order valence-electron chi connectivity index (χ2n) is 3.25. The third kappa shape index (κ3) is 5.92. The summed E-state index contributed by atoms with van der Waals surface area (Å²) in [5.74, 6) is 0.212. The van der Waals surface area contributed by atoms with Crippen molar-refractivity contribution in [2.24, 2.45) is 0 Å². The van der Waals surface area contributed by atoms with Crippen molar-refractivity contribution in [3.8, 4) is 5.75 Å². The van der Waals surface area contributed by atoms with E-state index in [1.54, 1.807) is 24.3 Å². The molecule has 0 aliphatic rings. The molecule has 3 nitrogen and oxygen atoms in total. The molecule has 0 spiro atoms. The van der Waals surface area contributed by atoms with Crippen LogP contribution in [0.2, 0.25) is 5.02 Å². The Balaban J connectivity index is 2.19. The number of hydrogen-bond donors (Lipinski definition) is 0. The molecule has 1 aromatic carbocycles. The Morgan fingerprint density at radius 1 is 1.19 bits per heavy atom. The molecule has 0 heterocycles. The van der Waals surface area contributed by atoms with Gasteiger partial charge in [-0.1, -0.05) is 11.6 Å². The van der Waals surface area contributed by atoms with Crippen molar-refractivity contribution in [1.82, 2.24) is 0 Å². The second kappa shape index (κ2) is 6.06. The average molecular weight is 267 g/mol. The lowest BCUT2D eigenvalue weighted by molar-refractivity contribution is 0.309. The van der Waals surface area contributed by atoms with Crippen LogP contribution in [0.1, 0.15) is 12.8 Å². The first kappa shape index (κ1) is 13.3. The highest BCUT2D eigenvalue weighted by molar-refractivity contribution is 7.86. The maximum Gasteiger partial charge on any atom is 0.302 e. The quantitative estimate of drug-likeness (QED) is 0.587. The van der Waals surface area contributed by atoms with Crippen molar-refractivity contribution in [1.29, 1.82) is 0 Å². The van der Waals surface area contributed by atoms with Crippen LogP contribution in [-0.2, 0) is 10.2 Å². The van der Waals surface area contributed by atoms with Crippen molar-refractivity contribution in [2.75, 3.05) is 12.4 Å². The molecule has 1 aromatic rings. The molecular weight excluding hydrogens is 255 g/mol. The van der Waals surface area contributed by atoms with Gasteiger partial charge < -0.3 is 4.74 Å². The Hall–Kier alpha value is -0.810. The number of unbranched alkanes of at least 4 members (excludes halogenated alkanes) is 1. The van der Waals surface area contributed by atoms with Gasteiger partial charge in [0, 0.05) is 5.02 Å². The van der Waals surface area contributed by atoms with Gasteiger partial charge in [-0.25, -0.2) is 0 Å². The van der Waals surface area contributed by atoms with Crippen molar-refractivity contribution in [3.05, 3.63) is 29.3 Å². The lowest BCUT2D eigenvalue weighted by Crippen LogP contribution is -2.02. The fraction of sp³-hybridized carbons (Fsp3) is 0.400. The fourth-order valence-corrected chi connectivity index (χ4v) is 1.77. The molecule has 0 fully saturated rings. The highest BCUT2D eigenvalue weighted by Gasteiger charge is 2.05. The van der Waals surface area contributed by atoms with Gasteiger partial charge in [0.1, 0.15) is 5.75 Å². The van der Waals surface area contributed by atoms with E-state index < -0.39 is 16.0 Å². The minimum Gasteiger partial charge on any atom is -0.494 e. The van der Waals surface area contributed by atoms with Crippen molar-refractivity contribution in [2.45, 2.75) is 12.8 Å². The van der Waals surface area contributed by atoms with Gasteiger partial charge in [0.2, 0.25) is 0 Å². The molecule has 0 saturated heterocycles. The van der Waals surface area contributed by atoms with Gasteiger partial charge >= 0.3 is 10.2 Å². The van der Waals surface area contributed by atoms with Crippen LogP contribution >= 0.6 is 11.6 Å². The molecule has 0 N–H and O–H groups in total. The zero-order chi connectivity index (χ0) is 12.0. The van der Waals surface area contributed by atoms with E-state index in [2.05, 4.69) is 0 Å². The third-order valence-corrected chi connectivity index (χ3v) is 2.89. The van der Waals surface area contributed by atoms with E-state index >= 15 is 0 Å². The van der Waals surface area contributed by atoms with Crippen LogP contribution < -0.4 is 4.74 Å². The van der Waals surface area contributed by atoms with Gasteiger partial charge in [0.05, 0.1) is 12.4 Å². The lowest BCUT2D eigenvalue weighted by atomic mass is 10.3. The first-order chi connectivity index (χ1) is 7.47. The van der Waals surface area contributed by atoms with E-state index in [-0.39, 0.29) is 6.42 Å². The van der Waals surface area contributed by atoms with Crippen LogP contribution in [0.5, 0.6) is 5.75 Å². The molecule has 0 saturated carbocycles. The van der Waals surface area contributed by atoms with Gasteiger partial charge in [0.25, 0.3) is 0 Å². The molecule has 90 valence electrons. The minimum absolute atomic E-state index is 0.256. The summed E-state index contributed by atoms with van der Waals surface area (Å²) < 4.78 is 37.8. The molecule has 1 rings (SSSR count). The zero-order valence-corrected chi connectivity index (χ0v) is 10.1. The number of hydrogen-bond acceptors (Lipinski definition) is 3. The summed E-state index contributed by atoms with van der Waals surface area (Å²) in [6.45, 7) is 0.358. The van der Waals surface area contributed by atoms with E-state index in [0.29, 0.717) is 23.8 Å². The number of halogens is 2. The van der Waals surface area contributed by atoms with Crippen molar-refractivity contribution >= 4 is 21.8 Å². The SMILES string of the molecule is O=S(=O)(F)CCCCOc1ccc(Cl)cc1. The second-order valence-corrected chi connectivity index (χ2v) is 5.17. The minimum atomic E-state index is -4.35. The highest BCUT2D eigenvalue weighted by atomic mass is 35.5. The van der Waals surface area contributed by atoms with Gasteiger partial charge in [-0.3, -0.25) is 0 Å². The van der Waals surface area contributed by atoms with E-state index in [4.69, 9.17) is 16.3 Å². The number of rotatable bonds is 6. The summed E-state index contributed by atoms with van der Waals surface area (Å²) in [5, 5.41) is 0.621. The lowest BCUT2D eigenvalue weighted by Gasteiger charge is -2.05. The van der Waals surface area contributed by atoms with E-state index in [1.165, 1.54) is 0 Å². The van der Waals surface area contributed by atoms with Crippen LogP contribution in [0.3, 0.4) is 0 Å². The predicted octanol–water partition coefficient (Wildman–Crippen LogP) is 2.80. The Morgan fingerprint density at radius 3 is 2.38 bits per heavy atom. The van der Waals surface area contributed by atoms with Crippen LogP contribution in [-0.4, -0.2) is 20.8 Å². The summed E-state index contributed by atoms with van der Waals surface area (Å²) in [6.07, 6.45) is 0.748. The summed E-state index contributed by atoms with van der Waals surface area (Å²) >= 11 is 5.68. The molecule has 0 unspecified atom stereocenters. The van der Waals surface area contributed by atoms with Gasteiger partial charge in [-0.15, -0.1) is 3.89 Å². The van der Waals surface area contributed by atoms with Crippen molar-refractivity contribution < 1.29 is 17.0 Å². The van der Waals surface area contributed by atoms with Gasteiger partial charge in [-0.05, 0) is 37.1 Å². The molecule has 0 aromatic heterocycles. The predicted molar refractivity (Wildman–Crippen MR) is 61.1 cm³/mol. The van der Waals surface area contributed by atoms with Gasteiger partial charge in [0.15, 0.2) is 0 Å². The molecular formula is C10H12ClFO3S. The third-order valence-electron chi connectivity index (χ3n) is 1.86. The van der Waals surface area contributed by atoms with Crippen LogP contribution in [0.4, 0.5) is 3.89 Å². The molecule has 6 heteroatoms. The Kier molecular flexibility index (Phi) is 5.02. The summed E-state index contributed by atoms with van der Waals surface area (Å²) in [6, 6.07) is 6.83. The molecule has 16 heavy (non-hydrogen) atoms. The summed E-state index contributed by atoms with van der Waals surface area (Å²) in [7, 11) is -4.35. The largest absolute Gasteiger partial charge is 0.494 e. The number of ether oxygens (including phenoxy) is 1. The normalized spacial score (nSPS) is 11.4. The summed E-state index contributed by atoms with van der Waals surface area (Å²) in [5.41, 5.74) is 0. The fourth-order valence-electron chi connectivity index (χ4n) is 1.10. The first-order valence-electron chi connectivity index (χ1n) is 4.78. The molecule has 0 bridgehead atoms. The molecule has 0 aliphatic carbocycles. The molecule has 0 aliphatic heterocycles. The van der Waals surface area contributed by atoms with Crippen LogP contribution in [0, 0.1) is 0 Å². The summed E-state index contributed by atoms with van der Waals surface area (Å²) in [4.78, 5) is 0. The first-order valence-corrected chi connectivity index (χ1v) is 6.71. The van der Waals surface area contributed by atoms with Crippen LogP contribution in [0.15, 0.2) is 24.3 Å². The van der Waals surface area contributed by atoms with Gasteiger partial charge in [-0.2, -0.15) is 8.42 Å². The Morgan fingerprint density at radius 2 is 1.81 bits per heavy atom. The molecule has 0 amide bonds. The standard InChI is InChI=1S/C10H12ClFO3S/c11-9-3-5-10(6-4-9)15-7-1-2-8-16(12,13)14/h3-6H,1-2,7-8H2. The average Bonchev–Trinajstić information content (AvgIpc) is 2.19. The van der Waals surface area contributed by atoms with Crippen molar-refractivity contribution in [3.63, 3.8) is 0 Å². The number of benzene rings is 1. The topological polar surface area (TPSA) is 43.4 Å². The monoisotopic (exact) mass is 266 g/mol. The molecule has 0 radical (unpaired) electrons. The maximum atomic E-state index is 12.1. The van der Waals surface area contributed by atoms with E-state index in [9.17, 15) is 12.3 Å².